The number of carbonyl (C=O) groups excluding carboxylic acids is 1. The van der Waals surface area contributed by atoms with Gasteiger partial charge in [-0.05, 0) is 17.7 Å². The normalized spacial score (nSPS) is 16.8. The van der Waals surface area contributed by atoms with Crippen LogP contribution in [0.4, 0.5) is 4.39 Å². The van der Waals surface area contributed by atoms with Crippen LogP contribution in [0.25, 0.3) is 0 Å². The van der Waals surface area contributed by atoms with Gasteiger partial charge in [-0.3, -0.25) is 9.69 Å². The molecule has 0 atom stereocenters. The van der Waals surface area contributed by atoms with Crippen LogP contribution in [0.5, 0.6) is 0 Å². The number of nitrogens with zero attached hydrogens (tertiary/aromatic N) is 1. The number of halogens is 1. The van der Waals surface area contributed by atoms with Crippen molar-refractivity contribution in [1.82, 2.24) is 4.90 Å². The van der Waals surface area contributed by atoms with E-state index in [1.807, 2.05) is 0 Å². The van der Waals surface area contributed by atoms with E-state index in [2.05, 4.69) is 4.90 Å². The fraction of sp³-hybridized carbons (Fsp3) is 0.500. The molecular formula is C14H18FNO2. The Morgan fingerprint density at radius 3 is 2.78 bits per heavy atom. The molecule has 1 aliphatic rings. The topological polar surface area (TPSA) is 29.5 Å². The third kappa shape index (κ3) is 3.15. The number of morpholine rings is 1. The van der Waals surface area contributed by atoms with E-state index >= 15 is 0 Å². The second kappa shape index (κ2) is 6.07. The Morgan fingerprint density at radius 2 is 2.11 bits per heavy atom. The van der Waals surface area contributed by atoms with Gasteiger partial charge in [0.2, 0.25) is 0 Å². The summed E-state index contributed by atoms with van der Waals surface area (Å²) in [5, 5.41) is 0. The minimum Gasteiger partial charge on any atom is -0.379 e. The standard InChI is InChI=1S/C14H18FNO2/c1-2-14(17)12-9-11(3-4-13(12)15)10-16-5-7-18-8-6-16/h3-4,9H,2,5-8,10H2,1H3. The molecule has 18 heavy (non-hydrogen) atoms. The number of benzene rings is 1. The first-order valence-electron chi connectivity index (χ1n) is 6.32. The fourth-order valence-electron chi connectivity index (χ4n) is 2.09. The second-order valence-corrected chi connectivity index (χ2v) is 4.48. The van der Waals surface area contributed by atoms with Crippen LogP contribution in [-0.4, -0.2) is 37.0 Å². The molecule has 0 amide bonds. The van der Waals surface area contributed by atoms with Crippen molar-refractivity contribution in [3.63, 3.8) is 0 Å². The number of rotatable bonds is 4. The van der Waals surface area contributed by atoms with E-state index in [-0.39, 0.29) is 11.3 Å². The lowest BCUT2D eigenvalue weighted by Gasteiger charge is -2.26. The highest BCUT2D eigenvalue weighted by Crippen LogP contribution is 2.15. The summed E-state index contributed by atoms with van der Waals surface area (Å²) < 4.78 is 18.8. The van der Waals surface area contributed by atoms with E-state index in [0.717, 1.165) is 38.4 Å². The van der Waals surface area contributed by atoms with Crippen molar-refractivity contribution < 1.29 is 13.9 Å². The zero-order valence-electron chi connectivity index (χ0n) is 10.6. The van der Waals surface area contributed by atoms with E-state index in [4.69, 9.17) is 4.74 Å². The van der Waals surface area contributed by atoms with Crippen molar-refractivity contribution in [2.75, 3.05) is 26.3 Å². The van der Waals surface area contributed by atoms with Gasteiger partial charge < -0.3 is 4.74 Å². The third-order valence-electron chi connectivity index (χ3n) is 3.16. The zero-order chi connectivity index (χ0) is 13.0. The predicted molar refractivity (Wildman–Crippen MR) is 67.1 cm³/mol. The van der Waals surface area contributed by atoms with E-state index < -0.39 is 5.82 Å². The Morgan fingerprint density at radius 1 is 1.39 bits per heavy atom. The molecule has 0 unspecified atom stereocenters. The van der Waals surface area contributed by atoms with Gasteiger partial charge in [0.1, 0.15) is 5.82 Å². The molecule has 0 aromatic heterocycles. The lowest BCUT2D eigenvalue weighted by atomic mass is 10.0. The number of ether oxygens (including phenoxy) is 1. The summed E-state index contributed by atoms with van der Waals surface area (Å²) >= 11 is 0. The fourth-order valence-corrected chi connectivity index (χ4v) is 2.09. The number of hydrogen-bond acceptors (Lipinski definition) is 3. The van der Waals surface area contributed by atoms with Crippen LogP contribution in [0.15, 0.2) is 18.2 Å². The van der Waals surface area contributed by atoms with Crippen LogP contribution in [0.3, 0.4) is 0 Å². The van der Waals surface area contributed by atoms with E-state index in [1.54, 1.807) is 19.1 Å². The van der Waals surface area contributed by atoms with Crippen molar-refractivity contribution in [2.45, 2.75) is 19.9 Å². The molecule has 0 spiro atoms. The molecule has 0 bridgehead atoms. The molecule has 2 rings (SSSR count). The lowest BCUT2D eigenvalue weighted by Crippen LogP contribution is -2.35. The summed E-state index contributed by atoms with van der Waals surface area (Å²) in [5.41, 5.74) is 1.19. The van der Waals surface area contributed by atoms with Crippen molar-refractivity contribution in [3.8, 4) is 0 Å². The lowest BCUT2D eigenvalue weighted by molar-refractivity contribution is 0.0341. The number of carbonyl (C=O) groups is 1. The first kappa shape index (κ1) is 13.2. The largest absolute Gasteiger partial charge is 0.379 e. The monoisotopic (exact) mass is 251 g/mol. The highest BCUT2D eigenvalue weighted by Gasteiger charge is 2.14. The van der Waals surface area contributed by atoms with Crippen LogP contribution in [0, 0.1) is 5.82 Å². The van der Waals surface area contributed by atoms with Crippen LogP contribution in [0.1, 0.15) is 29.3 Å². The van der Waals surface area contributed by atoms with Gasteiger partial charge in [-0.15, -0.1) is 0 Å². The molecule has 0 saturated carbocycles. The van der Waals surface area contributed by atoms with Crippen molar-refractivity contribution in [3.05, 3.63) is 35.1 Å². The molecule has 98 valence electrons. The molecular weight excluding hydrogens is 233 g/mol. The van der Waals surface area contributed by atoms with E-state index in [1.165, 1.54) is 6.07 Å². The first-order valence-corrected chi connectivity index (χ1v) is 6.32. The molecule has 0 N–H and O–H groups in total. The number of Topliss-reactive ketones (excluding diaryl/α,β-unsaturated/α-hetero) is 1. The quantitative estimate of drug-likeness (QED) is 0.769. The molecule has 4 heteroatoms. The van der Waals surface area contributed by atoms with Crippen molar-refractivity contribution in [1.29, 1.82) is 0 Å². The Kier molecular flexibility index (Phi) is 4.44. The van der Waals surface area contributed by atoms with E-state index in [9.17, 15) is 9.18 Å². The smallest absolute Gasteiger partial charge is 0.165 e. The maximum atomic E-state index is 13.5. The van der Waals surface area contributed by atoms with Crippen LogP contribution in [-0.2, 0) is 11.3 Å². The zero-order valence-corrected chi connectivity index (χ0v) is 10.6. The predicted octanol–water partition coefficient (Wildman–Crippen LogP) is 2.25. The number of hydrogen-bond donors (Lipinski definition) is 0. The Labute approximate surface area is 107 Å². The molecule has 1 saturated heterocycles. The summed E-state index contributed by atoms with van der Waals surface area (Å²) in [4.78, 5) is 13.9. The van der Waals surface area contributed by atoms with Gasteiger partial charge in [0, 0.05) is 26.1 Å². The van der Waals surface area contributed by atoms with Crippen LogP contribution >= 0.6 is 0 Å². The summed E-state index contributed by atoms with van der Waals surface area (Å²) in [5.74, 6) is -0.566. The van der Waals surface area contributed by atoms with Gasteiger partial charge in [-0.1, -0.05) is 13.0 Å². The molecule has 1 fully saturated rings. The van der Waals surface area contributed by atoms with Crippen LogP contribution in [0.2, 0.25) is 0 Å². The minimum atomic E-state index is -0.424. The van der Waals surface area contributed by atoms with Crippen molar-refractivity contribution in [2.24, 2.45) is 0 Å². The summed E-state index contributed by atoms with van der Waals surface area (Å²) in [6.45, 7) is 5.73. The Bertz CT molecular complexity index is 428. The molecule has 1 aliphatic heterocycles. The van der Waals surface area contributed by atoms with E-state index in [0.29, 0.717) is 6.42 Å². The van der Waals surface area contributed by atoms with Gasteiger partial charge in [0.15, 0.2) is 5.78 Å². The highest BCUT2D eigenvalue weighted by molar-refractivity contribution is 5.96. The maximum absolute atomic E-state index is 13.5. The first-order chi connectivity index (χ1) is 8.70. The highest BCUT2D eigenvalue weighted by atomic mass is 19.1. The average Bonchev–Trinajstić information content (AvgIpc) is 2.41. The maximum Gasteiger partial charge on any atom is 0.165 e. The Hall–Kier alpha value is -1.26. The average molecular weight is 251 g/mol. The van der Waals surface area contributed by atoms with Gasteiger partial charge in [-0.2, -0.15) is 0 Å². The second-order valence-electron chi connectivity index (χ2n) is 4.48. The SMILES string of the molecule is CCC(=O)c1cc(CN2CCOCC2)ccc1F. The van der Waals surface area contributed by atoms with Gasteiger partial charge in [-0.25, -0.2) is 4.39 Å². The molecule has 0 radical (unpaired) electrons. The van der Waals surface area contributed by atoms with Gasteiger partial charge >= 0.3 is 0 Å². The molecule has 1 heterocycles. The molecule has 3 nitrogen and oxygen atoms in total. The van der Waals surface area contributed by atoms with Crippen LogP contribution < -0.4 is 0 Å². The van der Waals surface area contributed by atoms with Crippen molar-refractivity contribution >= 4 is 5.78 Å². The summed E-state index contributed by atoms with van der Waals surface area (Å²) in [6, 6.07) is 4.81. The molecule has 1 aromatic rings. The number of ketones is 1. The molecule has 0 aliphatic carbocycles. The minimum absolute atomic E-state index is 0.142. The third-order valence-corrected chi connectivity index (χ3v) is 3.16. The summed E-state index contributed by atoms with van der Waals surface area (Å²) in [6.07, 6.45) is 0.331. The summed E-state index contributed by atoms with van der Waals surface area (Å²) in [7, 11) is 0. The molecule has 1 aromatic carbocycles. The van der Waals surface area contributed by atoms with Gasteiger partial charge in [0.25, 0.3) is 0 Å². The Balaban J connectivity index is 2.11. The van der Waals surface area contributed by atoms with Gasteiger partial charge in [0.05, 0.1) is 18.8 Å².